The Morgan fingerprint density at radius 2 is 1.94 bits per heavy atom. The molecule has 0 radical (unpaired) electrons. The van der Waals surface area contributed by atoms with Crippen molar-refractivity contribution in [2.45, 2.75) is 12.5 Å². The zero-order valence-corrected chi connectivity index (χ0v) is 12.6. The molecule has 1 nitrogen and oxygen atoms in total. The Morgan fingerprint density at radius 1 is 1.18 bits per heavy atom. The number of rotatable bonds is 3. The van der Waals surface area contributed by atoms with Gasteiger partial charge >= 0.3 is 0 Å². The molecule has 1 N–H and O–H groups in total. The molecule has 0 aliphatic heterocycles. The van der Waals surface area contributed by atoms with Crippen LogP contribution in [0.5, 0.6) is 0 Å². The molecule has 2 rings (SSSR count). The largest absolute Gasteiger partial charge is 0.388 e. The molecule has 1 heterocycles. The highest BCUT2D eigenvalue weighted by Gasteiger charge is 2.11. The summed E-state index contributed by atoms with van der Waals surface area (Å²) in [6.07, 6.45) is 0.0177. The molecule has 0 fully saturated rings. The summed E-state index contributed by atoms with van der Waals surface area (Å²) in [5.41, 5.74) is 0.781. The van der Waals surface area contributed by atoms with Crippen molar-refractivity contribution in [2.75, 3.05) is 0 Å². The smallest absolute Gasteiger partial charge is 0.0838 e. The summed E-state index contributed by atoms with van der Waals surface area (Å²) in [4.78, 5) is 1.12. The summed E-state index contributed by atoms with van der Waals surface area (Å²) in [5.74, 6) is 0. The van der Waals surface area contributed by atoms with Crippen LogP contribution < -0.4 is 0 Å². The van der Waals surface area contributed by atoms with E-state index in [2.05, 4.69) is 15.9 Å². The van der Waals surface area contributed by atoms with Crippen molar-refractivity contribution in [3.05, 3.63) is 54.6 Å². The molecule has 0 saturated heterocycles. The van der Waals surface area contributed by atoms with E-state index >= 15 is 0 Å². The van der Waals surface area contributed by atoms with Gasteiger partial charge in [0.2, 0.25) is 0 Å². The average molecular weight is 352 g/mol. The first-order valence-electron chi connectivity index (χ1n) is 4.93. The third-order valence-corrected chi connectivity index (χ3v) is 4.74. The van der Waals surface area contributed by atoms with Crippen LogP contribution in [0.3, 0.4) is 0 Å². The summed E-state index contributed by atoms with van der Waals surface area (Å²) in [6, 6.07) is 9.17. The highest BCUT2D eigenvalue weighted by Crippen LogP contribution is 2.29. The fourth-order valence-corrected chi connectivity index (χ4v) is 3.32. The number of benzene rings is 1. The predicted octanol–water partition coefficient (Wildman–Crippen LogP) is 5.09. The molecule has 0 aliphatic rings. The molecule has 90 valence electrons. The third-order valence-electron chi connectivity index (χ3n) is 2.35. The van der Waals surface area contributed by atoms with E-state index in [1.807, 2.05) is 12.1 Å². The predicted molar refractivity (Wildman–Crippen MR) is 77.1 cm³/mol. The van der Waals surface area contributed by atoms with Crippen LogP contribution in [-0.2, 0) is 6.42 Å². The summed E-state index contributed by atoms with van der Waals surface area (Å²) >= 11 is 16.8. The lowest BCUT2D eigenvalue weighted by Crippen LogP contribution is -2.00. The molecule has 2 aromatic rings. The van der Waals surface area contributed by atoms with Crippen molar-refractivity contribution in [3.63, 3.8) is 0 Å². The monoisotopic (exact) mass is 350 g/mol. The van der Waals surface area contributed by atoms with Crippen LogP contribution in [0.25, 0.3) is 0 Å². The lowest BCUT2D eigenvalue weighted by Gasteiger charge is -2.10. The fraction of sp³-hybridized carbons (Fsp3) is 0.167. The Kier molecular flexibility index (Phi) is 4.50. The first kappa shape index (κ1) is 13.4. The lowest BCUT2D eigenvalue weighted by molar-refractivity contribution is 0.179. The first-order valence-corrected chi connectivity index (χ1v) is 7.30. The van der Waals surface area contributed by atoms with Crippen molar-refractivity contribution >= 4 is 50.5 Å². The SMILES string of the molecule is OC(Cc1ccc(Br)s1)c1ccc(Cl)c(Cl)c1. The van der Waals surface area contributed by atoms with Gasteiger partial charge in [-0.15, -0.1) is 11.3 Å². The zero-order valence-electron chi connectivity index (χ0n) is 8.66. The molecule has 0 saturated carbocycles. The average Bonchev–Trinajstić information content (AvgIpc) is 2.68. The van der Waals surface area contributed by atoms with Crippen molar-refractivity contribution in [1.82, 2.24) is 0 Å². The Morgan fingerprint density at radius 3 is 2.53 bits per heavy atom. The van der Waals surface area contributed by atoms with E-state index in [9.17, 15) is 5.11 Å². The molecule has 1 unspecified atom stereocenters. The van der Waals surface area contributed by atoms with Gasteiger partial charge in [0.05, 0.1) is 19.9 Å². The van der Waals surface area contributed by atoms with Crippen LogP contribution in [0.15, 0.2) is 34.1 Å². The van der Waals surface area contributed by atoms with Gasteiger partial charge in [0.25, 0.3) is 0 Å². The number of hydrogen-bond acceptors (Lipinski definition) is 2. The van der Waals surface area contributed by atoms with Gasteiger partial charge in [0, 0.05) is 11.3 Å². The number of aliphatic hydroxyl groups is 1. The maximum atomic E-state index is 10.1. The topological polar surface area (TPSA) is 20.2 Å². The van der Waals surface area contributed by atoms with Gasteiger partial charge in [-0.2, -0.15) is 0 Å². The molecule has 1 aromatic carbocycles. The van der Waals surface area contributed by atoms with Gasteiger partial charge in [0.15, 0.2) is 0 Å². The summed E-state index contributed by atoms with van der Waals surface area (Å²) in [6.45, 7) is 0. The Bertz CT molecular complexity index is 527. The molecule has 17 heavy (non-hydrogen) atoms. The van der Waals surface area contributed by atoms with E-state index in [4.69, 9.17) is 23.2 Å². The quantitative estimate of drug-likeness (QED) is 0.816. The Labute approximate surface area is 122 Å². The van der Waals surface area contributed by atoms with Crippen LogP contribution in [0.4, 0.5) is 0 Å². The summed E-state index contributed by atoms with van der Waals surface area (Å²) in [7, 11) is 0. The molecule has 0 aliphatic carbocycles. The minimum absolute atomic E-state index is 0.468. The fourth-order valence-electron chi connectivity index (χ4n) is 1.49. The van der Waals surface area contributed by atoms with Gasteiger partial charge in [-0.05, 0) is 45.8 Å². The molecule has 1 atom stereocenters. The van der Waals surface area contributed by atoms with Crippen LogP contribution in [0, 0.1) is 0 Å². The van der Waals surface area contributed by atoms with E-state index in [1.54, 1.807) is 29.5 Å². The second-order valence-electron chi connectivity index (χ2n) is 3.60. The minimum atomic E-state index is -0.560. The number of aliphatic hydroxyl groups excluding tert-OH is 1. The van der Waals surface area contributed by atoms with Crippen LogP contribution >= 0.6 is 50.5 Å². The van der Waals surface area contributed by atoms with Gasteiger partial charge in [0.1, 0.15) is 0 Å². The number of thiophene rings is 1. The van der Waals surface area contributed by atoms with Gasteiger partial charge < -0.3 is 5.11 Å². The van der Waals surface area contributed by atoms with E-state index in [0.29, 0.717) is 16.5 Å². The lowest BCUT2D eigenvalue weighted by atomic mass is 10.1. The minimum Gasteiger partial charge on any atom is -0.388 e. The molecular weight excluding hydrogens is 343 g/mol. The zero-order chi connectivity index (χ0) is 12.4. The maximum Gasteiger partial charge on any atom is 0.0838 e. The van der Waals surface area contributed by atoms with Crippen molar-refractivity contribution in [1.29, 1.82) is 0 Å². The number of hydrogen-bond donors (Lipinski definition) is 1. The second kappa shape index (κ2) is 5.72. The van der Waals surface area contributed by atoms with Crippen molar-refractivity contribution in [3.8, 4) is 0 Å². The summed E-state index contributed by atoms with van der Waals surface area (Å²) in [5, 5.41) is 11.1. The van der Waals surface area contributed by atoms with Crippen molar-refractivity contribution in [2.24, 2.45) is 0 Å². The van der Waals surface area contributed by atoms with Gasteiger partial charge in [-0.3, -0.25) is 0 Å². The molecule has 0 spiro atoms. The Hall–Kier alpha value is -0.0600. The molecule has 1 aromatic heterocycles. The molecular formula is C12H9BrCl2OS. The molecule has 0 bridgehead atoms. The highest BCUT2D eigenvalue weighted by atomic mass is 79.9. The van der Waals surface area contributed by atoms with E-state index in [-0.39, 0.29) is 0 Å². The third kappa shape index (κ3) is 3.46. The summed E-state index contributed by atoms with van der Waals surface area (Å²) < 4.78 is 1.06. The first-order chi connectivity index (χ1) is 8.06. The van der Waals surface area contributed by atoms with E-state index in [0.717, 1.165) is 14.2 Å². The van der Waals surface area contributed by atoms with Crippen molar-refractivity contribution < 1.29 is 5.11 Å². The standard InChI is InChI=1S/C12H9BrCl2OS/c13-12-4-2-8(17-12)6-11(16)7-1-3-9(14)10(15)5-7/h1-5,11,16H,6H2. The van der Waals surface area contributed by atoms with E-state index in [1.165, 1.54) is 0 Å². The maximum absolute atomic E-state index is 10.1. The number of halogens is 3. The normalized spacial score (nSPS) is 12.7. The van der Waals surface area contributed by atoms with Crippen LogP contribution in [0.2, 0.25) is 10.0 Å². The van der Waals surface area contributed by atoms with Crippen LogP contribution in [-0.4, -0.2) is 5.11 Å². The van der Waals surface area contributed by atoms with E-state index < -0.39 is 6.10 Å². The molecule has 5 heteroatoms. The molecule has 0 amide bonds. The van der Waals surface area contributed by atoms with Crippen LogP contribution in [0.1, 0.15) is 16.5 Å². The van der Waals surface area contributed by atoms with Gasteiger partial charge in [-0.25, -0.2) is 0 Å². The Balaban J connectivity index is 2.14. The highest BCUT2D eigenvalue weighted by molar-refractivity contribution is 9.11. The van der Waals surface area contributed by atoms with Gasteiger partial charge in [-0.1, -0.05) is 29.3 Å². The second-order valence-corrected chi connectivity index (χ2v) is 6.96.